The van der Waals surface area contributed by atoms with Gasteiger partial charge in [0.15, 0.2) is 0 Å². The second-order valence-corrected chi connectivity index (χ2v) is 5.88. The Labute approximate surface area is 125 Å². The fourth-order valence-electron chi connectivity index (χ4n) is 1.61. The number of amides is 2. The van der Waals surface area contributed by atoms with Crippen molar-refractivity contribution < 1.29 is 9.59 Å². The molecule has 0 unspecified atom stereocenters. The van der Waals surface area contributed by atoms with Crippen LogP contribution in [0.25, 0.3) is 0 Å². The summed E-state index contributed by atoms with van der Waals surface area (Å²) in [6, 6.07) is 10.7. The number of thiophene rings is 1. The number of halogens is 1. The minimum absolute atomic E-state index is 0.111. The van der Waals surface area contributed by atoms with Crippen molar-refractivity contribution in [1.82, 2.24) is 5.32 Å². The molecule has 4 nitrogen and oxygen atoms in total. The molecule has 0 spiro atoms. The third kappa shape index (κ3) is 4.08. The molecule has 104 valence electrons. The van der Waals surface area contributed by atoms with Crippen LogP contribution in [0.5, 0.6) is 0 Å². The Morgan fingerprint density at radius 3 is 2.40 bits per heavy atom. The number of anilines is 1. The lowest BCUT2D eigenvalue weighted by Gasteiger charge is -2.06. The molecule has 0 aliphatic carbocycles. The Morgan fingerprint density at radius 2 is 1.85 bits per heavy atom. The van der Waals surface area contributed by atoms with Gasteiger partial charge in [-0.15, -0.1) is 11.3 Å². The molecule has 2 rings (SSSR count). The maximum atomic E-state index is 11.8. The van der Waals surface area contributed by atoms with Gasteiger partial charge in [-0.05, 0) is 29.8 Å². The number of carbonyl (C=O) groups is 2. The Morgan fingerprint density at radius 1 is 1.15 bits per heavy atom. The van der Waals surface area contributed by atoms with E-state index in [1.54, 1.807) is 24.3 Å². The maximum Gasteiger partial charge on any atom is 0.261 e. The average Bonchev–Trinajstić information content (AvgIpc) is 2.84. The van der Waals surface area contributed by atoms with E-state index in [0.29, 0.717) is 15.8 Å². The lowest BCUT2D eigenvalue weighted by Crippen LogP contribution is -2.21. The van der Waals surface area contributed by atoms with Crippen LogP contribution in [-0.2, 0) is 11.3 Å². The van der Waals surface area contributed by atoms with Crippen molar-refractivity contribution in [1.29, 1.82) is 0 Å². The Hall–Kier alpha value is -1.85. The lowest BCUT2D eigenvalue weighted by atomic mass is 10.2. The highest BCUT2D eigenvalue weighted by Gasteiger charge is 2.08. The number of benzene rings is 1. The zero-order chi connectivity index (χ0) is 14.5. The van der Waals surface area contributed by atoms with E-state index in [1.807, 2.05) is 12.1 Å². The van der Waals surface area contributed by atoms with Gasteiger partial charge in [0.1, 0.15) is 0 Å². The summed E-state index contributed by atoms with van der Waals surface area (Å²) in [5, 5.41) is 5.50. The topological polar surface area (TPSA) is 58.2 Å². The van der Waals surface area contributed by atoms with Crippen LogP contribution in [0, 0.1) is 0 Å². The van der Waals surface area contributed by atoms with Gasteiger partial charge in [-0.3, -0.25) is 9.59 Å². The predicted molar refractivity (Wildman–Crippen MR) is 81.2 cm³/mol. The molecule has 2 N–H and O–H groups in total. The van der Waals surface area contributed by atoms with Crippen LogP contribution in [0.1, 0.15) is 22.2 Å². The van der Waals surface area contributed by atoms with Gasteiger partial charge < -0.3 is 10.6 Å². The third-order valence-corrected chi connectivity index (χ3v) is 3.75. The SMILES string of the molecule is CC(=O)Nc1ccc(CNC(=O)c2ccc(Cl)s2)cc1. The zero-order valence-electron chi connectivity index (χ0n) is 10.8. The Kier molecular flexibility index (Phi) is 4.76. The van der Waals surface area contributed by atoms with Crippen molar-refractivity contribution in [3.63, 3.8) is 0 Å². The average molecular weight is 309 g/mol. The third-order valence-electron chi connectivity index (χ3n) is 2.52. The summed E-state index contributed by atoms with van der Waals surface area (Å²) in [4.78, 5) is 23.3. The van der Waals surface area contributed by atoms with Gasteiger partial charge in [0.2, 0.25) is 5.91 Å². The first-order chi connectivity index (χ1) is 9.54. The molecule has 0 saturated heterocycles. The summed E-state index contributed by atoms with van der Waals surface area (Å²) in [5.74, 6) is -0.256. The van der Waals surface area contributed by atoms with Crippen molar-refractivity contribution in [3.05, 3.63) is 51.2 Å². The quantitative estimate of drug-likeness (QED) is 0.910. The molecule has 2 amide bonds. The molecule has 20 heavy (non-hydrogen) atoms. The normalized spacial score (nSPS) is 10.1. The van der Waals surface area contributed by atoms with E-state index in [0.717, 1.165) is 11.3 Å². The maximum absolute atomic E-state index is 11.8. The number of hydrogen-bond donors (Lipinski definition) is 2. The zero-order valence-corrected chi connectivity index (χ0v) is 12.3. The molecule has 2 aromatic rings. The highest BCUT2D eigenvalue weighted by Crippen LogP contribution is 2.21. The van der Waals surface area contributed by atoms with Crippen LogP contribution in [0.3, 0.4) is 0 Å². The monoisotopic (exact) mass is 308 g/mol. The molecule has 0 fully saturated rings. The van der Waals surface area contributed by atoms with Crippen molar-refractivity contribution in [2.24, 2.45) is 0 Å². The summed E-state index contributed by atoms with van der Waals surface area (Å²) >= 11 is 7.03. The molecule has 0 bridgehead atoms. The van der Waals surface area contributed by atoms with E-state index in [-0.39, 0.29) is 11.8 Å². The van der Waals surface area contributed by atoms with Gasteiger partial charge in [0.05, 0.1) is 9.21 Å². The van der Waals surface area contributed by atoms with Gasteiger partial charge in [-0.1, -0.05) is 23.7 Å². The number of nitrogens with one attached hydrogen (secondary N) is 2. The van der Waals surface area contributed by atoms with Gasteiger partial charge >= 0.3 is 0 Å². The minimum atomic E-state index is -0.146. The van der Waals surface area contributed by atoms with Crippen LogP contribution >= 0.6 is 22.9 Å². The lowest BCUT2D eigenvalue weighted by molar-refractivity contribution is -0.114. The first-order valence-electron chi connectivity index (χ1n) is 5.94. The van der Waals surface area contributed by atoms with Crippen molar-refractivity contribution in [2.45, 2.75) is 13.5 Å². The molecule has 6 heteroatoms. The van der Waals surface area contributed by atoms with Gasteiger partial charge in [0.25, 0.3) is 5.91 Å². The summed E-state index contributed by atoms with van der Waals surface area (Å²) < 4.78 is 0.592. The second kappa shape index (κ2) is 6.54. The number of hydrogen-bond acceptors (Lipinski definition) is 3. The molecule has 0 saturated carbocycles. The van der Waals surface area contributed by atoms with E-state index in [2.05, 4.69) is 10.6 Å². The van der Waals surface area contributed by atoms with Gasteiger partial charge in [-0.2, -0.15) is 0 Å². The second-order valence-electron chi connectivity index (χ2n) is 4.16. The van der Waals surface area contributed by atoms with Crippen LogP contribution in [0.2, 0.25) is 4.34 Å². The Bertz CT molecular complexity index is 622. The molecule has 1 aromatic heterocycles. The smallest absolute Gasteiger partial charge is 0.261 e. The number of rotatable bonds is 4. The van der Waals surface area contributed by atoms with Crippen LogP contribution < -0.4 is 10.6 Å². The van der Waals surface area contributed by atoms with E-state index >= 15 is 0 Å². The molecule has 0 aliphatic heterocycles. The fraction of sp³-hybridized carbons (Fsp3) is 0.143. The summed E-state index contributed by atoms with van der Waals surface area (Å²) in [6.45, 7) is 1.88. The van der Waals surface area contributed by atoms with Crippen LogP contribution in [0.4, 0.5) is 5.69 Å². The molecule has 1 heterocycles. The molecule has 1 aromatic carbocycles. The highest BCUT2D eigenvalue weighted by molar-refractivity contribution is 7.17. The van der Waals surface area contributed by atoms with Gasteiger partial charge in [-0.25, -0.2) is 0 Å². The van der Waals surface area contributed by atoms with Crippen LogP contribution in [-0.4, -0.2) is 11.8 Å². The summed E-state index contributed by atoms with van der Waals surface area (Å²) in [7, 11) is 0. The van der Waals surface area contributed by atoms with E-state index in [1.165, 1.54) is 18.3 Å². The van der Waals surface area contributed by atoms with E-state index < -0.39 is 0 Å². The molecular formula is C14H13ClN2O2S. The van der Waals surface area contributed by atoms with E-state index in [9.17, 15) is 9.59 Å². The van der Waals surface area contributed by atoms with E-state index in [4.69, 9.17) is 11.6 Å². The first-order valence-corrected chi connectivity index (χ1v) is 7.14. The van der Waals surface area contributed by atoms with Crippen LogP contribution in [0.15, 0.2) is 36.4 Å². The van der Waals surface area contributed by atoms with Crippen molar-refractivity contribution in [3.8, 4) is 0 Å². The Balaban J connectivity index is 1.90. The molecule has 0 radical (unpaired) electrons. The minimum Gasteiger partial charge on any atom is -0.347 e. The highest BCUT2D eigenvalue weighted by atomic mass is 35.5. The number of carbonyl (C=O) groups excluding carboxylic acids is 2. The van der Waals surface area contributed by atoms with Crippen molar-refractivity contribution in [2.75, 3.05) is 5.32 Å². The van der Waals surface area contributed by atoms with Gasteiger partial charge in [0, 0.05) is 19.2 Å². The standard InChI is InChI=1S/C14H13ClN2O2S/c1-9(18)17-11-4-2-10(3-5-11)8-16-14(19)12-6-7-13(15)20-12/h2-7H,8H2,1H3,(H,16,19)(H,17,18). The first kappa shape index (κ1) is 14.6. The molecular weight excluding hydrogens is 296 g/mol. The fourth-order valence-corrected chi connectivity index (χ4v) is 2.57. The largest absolute Gasteiger partial charge is 0.347 e. The summed E-state index contributed by atoms with van der Waals surface area (Å²) in [5.41, 5.74) is 1.69. The summed E-state index contributed by atoms with van der Waals surface area (Å²) in [6.07, 6.45) is 0. The molecule has 0 atom stereocenters. The van der Waals surface area contributed by atoms with Crippen molar-refractivity contribution >= 4 is 40.4 Å². The molecule has 0 aliphatic rings. The predicted octanol–water partition coefficient (Wildman–Crippen LogP) is 3.29.